The van der Waals surface area contributed by atoms with E-state index in [0.29, 0.717) is 17.2 Å². The van der Waals surface area contributed by atoms with Crippen molar-refractivity contribution in [1.82, 2.24) is 10.2 Å². The number of rotatable bonds is 4. The van der Waals surface area contributed by atoms with Crippen LogP contribution in [0, 0.1) is 0 Å². The highest BCUT2D eigenvalue weighted by molar-refractivity contribution is 7.99. The summed E-state index contributed by atoms with van der Waals surface area (Å²) in [5.41, 5.74) is 0. The zero-order chi connectivity index (χ0) is 11.7. The van der Waals surface area contributed by atoms with Crippen LogP contribution in [0.3, 0.4) is 0 Å². The van der Waals surface area contributed by atoms with Crippen molar-refractivity contribution in [2.75, 3.05) is 18.8 Å². The van der Waals surface area contributed by atoms with E-state index in [-0.39, 0.29) is 6.04 Å². The molecule has 0 radical (unpaired) electrons. The van der Waals surface area contributed by atoms with Crippen molar-refractivity contribution in [2.24, 2.45) is 0 Å². The first kappa shape index (κ1) is 11.8. The number of nitrogens with zero attached hydrogens (tertiary/aromatic N) is 1. The molecule has 3 rings (SSSR count). The lowest BCUT2D eigenvalue weighted by molar-refractivity contribution is -0.129. The van der Waals surface area contributed by atoms with Gasteiger partial charge in [-0.2, -0.15) is 11.8 Å². The second kappa shape index (κ2) is 5.19. The minimum absolute atomic E-state index is 0.135. The maximum atomic E-state index is 12.2. The molecule has 2 heterocycles. The van der Waals surface area contributed by atoms with Gasteiger partial charge in [0, 0.05) is 24.4 Å². The number of thioether (sulfide) groups is 1. The van der Waals surface area contributed by atoms with E-state index < -0.39 is 0 Å². The largest absolute Gasteiger partial charge is 0.340 e. The van der Waals surface area contributed by atoms with Crippen LogP contribution in [-0.2, 0) is 4.79 Å². The molecule has 3 nitrogen and oxygen atoms in total. The first-order chi connectivity index (χ1) is 8.33. The van der Waals surface area contributed by atoms with Gasteiger partial charge in [-0.3, -0.25) is 4.79 Å². The molecule has 1 saturated carbocycles. The Kier molecular flexibility index (Phi) is 3.61. The lowest BCUT2D eigenvalue weighted by atomic mass is 10.2. The quantitative estimate of drug-likeness (QED) is 0.827. The van der Waals surface area contributed by atoms with Crippen molar-refractivity contribution in [3.05, 3.63) is 0 Å². The van der Waals surface area contributed by atoms with Gasteiger partial charge >= 0.3 is 0 Å². The van der Waals surface area contributed by atoms with Crippen LogP contribution in [0.4, 0.5) is 0 Å². The summed E-state index contributed by atoms with van der Waals surface area (Å²) in [6.45, 7) is 1.96. The molecule has 3 aliphatic rings. The number of hydrogen-bond donors (Lipinski definition) is 1. The minimum atomic E-state index is 0.135. The zero-order valence-electron chi connectivity index (χ0n) is 10.4. The van der Waals surface area contributed by atoms with Gasteiger partial charge in [0.25, 0.3) is 0 Å². The lowest BCUT2D eigenvalue weighted by Gasteiger charge is -2.26. The van der Waals surface area contributed by atoms with Crippen molar-refractivity contribution in [3.63, 3.8) is 0 Å². The zero-order valence-corrected chi connectivity index (χ0v) is 11.2. The molecule has 0 bridgehead atoms. The number of likely N-dealkylation sites (tertiary alicyclic amines) is 1. The van der Waals surface area contributed by atoms with Crippen LogP contribution >= 0.6 is 11.8 Å². The Labute approximate surface area is 108 Å². The predicted octanol–water partition coefficient (Wildman–Crippen LogP) is 1.62. The van der Waals surface area contributed by atoms with E-state index >= 15 is 0 Å². The third-order valence-electron chi connectivity index (χ3n) is 4.01. The van der Waals surface area contributed by atoms with E-state index in [1.165, 1.54) is 37.9 Å². The van der Waals surface area contributed by atoms with Crippen LogP contribution < -0.4 is 5.32 Å². The van der Waals surface area contributed by atoms with Crippen LogP contribution in [-0.4, -0.2) is 47.0 Å². The average molecular weight is 254 g/mol. The van der Waals surface area contributed by atoms with E-state index in [4.69, 9.17) is 0 Å². The molecule has 96 valence electrons. The summed E-state index contributed by atoms with van der Waals surface area (Å²) < 4.78 is 0. The molecule has 1 aliphatic carbocycles. The molecule has 1 amide bonds. The van der Waals surface area contributed by atoms with Crippen molar-refractivity contribution < 1.29 is 4.79 Å². The molecular weight excluding hydrogens is 232 g/mol. The molecule has 2 atom stereocenters. The molecule has 0 spiro atoms. The molecule has 3 fully saturated rings. The van der Waals surface area contributed by atoms with Crippen LogP contribution in [0.5, 0.6) is 0 Å². The molecule has 2 aliphatic heterocycles. The second-order valence-electron chi connectivity index (χ2n) is 5.56. The Morgan fingerprint density at radius 3 is 2.82 bits per heavy atom. The van der Waals surface area contributed by atoms with E-state index in [9.17, 15) is 4.79 Å². The first-order valence-electron chi connectivity index (χ1n) is 6.99. The minimum Gasteiger partial charge on any atom is -0.340 e. The summed E-state index contributed by atoms with van der Waals surface area (Å²) in [6, 6.07) is 0.782. The van der Waals surface area contributed by atoms with Gasteiger partial charge in [0.1, 0.15) is 0 Å². The van der Waals surface area contributed by atoms with E-state index in [1.807, 2.05) is 0 Å². The third kappa shape index (κ3) is 2.97. The monoisotopic (exact) mass is 254 g/mol. The summed E-state index contributed by atoms with van der Waals surface area (Å²) in [5, 5.41) is 4.17. The predicted molar refractivity (Wildman–Crippen MR) is 71.2 cm³/mol. The fraction of sp³-hybridized carbons (Fsp3) is 0.923. The molecule has 17 heavy (non-hydrogen) atoms. The Morgan fingerprint density at radius 2 is 2.12 bits per heavy atom. The number of carbonyl (C=O) groups excluding carboxylic acids is 1. The van der Waals surface area contributed by atoms with Gasteiger partial charge in [-0.25, -0.2) is 0 Å². The smallest absolute Gasteiger partial charge is 0.239 e. The van der Waals surface area contributed by atoms with Crippen molar-refractivity contribution in [1.29, 1.82) is 0 Å². The highest BCUT2D eigenvalue weighted by Crippen LogP contribution is 2.28. The SMILES string of the molecule is O=C1C(NC2CC2)CCN1CC1CCCCS1. The highest BCUT2D eigenvalue weighted by Gasteiger charge is 2.36. The van der Waals surface area contributed by atoms with Gasteiger partial charge in [0.05, 0.1) is 6.04 Å². The average Bonchev–Trinajstić information content (AvgIpc) is 3.11. The molecule has 0 aromatic heterocycles. The van der Waals surface area contributed by atoms with Gasteiger partial charge in [0.15, 0.2) is 0 Å². The molecule has 4 heteroatoms. The summed E-state index contributed by atoms with van der Waals surface area (Å²) in [7, 11) is 0. The van der Waals surface area contributed by atoms with Crippen LogP contribution in [0.25, 0.3) is 0 Å². The normalized spacial score (nSPS) is 34.4. The summed E-state index contributed by atoms with van der Waals surface area (Å²) in [5.74, 6) is 1.65. The fourth-order valence-electron chi connectivity index (χ4n) is 2.81. The maximum absolute atomic E-state index is 12.2. The Balaban J connectivity index is 1.48. The van der Waals surface area contributed by atoms with Crippen molar-refractivity contribution >= 4 is 17.7 Å². The van der Waals surface area contributed by atoms with E-state index in [0.717, 1.165) is 19.5 Å². The molecule has 0 aromatic carbocycles. The molecule has 2 saturated heterocycles. The molecule has 2 unspecified atom stereocenters. The lowest BCUT2D eigenvalue weighted by Crippen LogP contribution is -2.41. The molecule has 0 aromatic rings. The number of amides is 1. The van der Waals surface area contributed by atoms with Crippen molar-refractivity contribution in [3.8, 4) is 0 Å². The van der Waals surface area contributed by atoms with Crippen LogP contribution in [0.15, 0.2) is 0 Å². The topological polar surface area (TPSA) is 32.3 Å². The highest BCUT2D eigenvalue weighted by atomic mass is 32.2. The van der Waals surface area contributed by atoms with Gasteiger partial charge in [-0.05, 0) is 37.9 Å². The van der Waals surface area contributed by atoms with Crippen LogP contribution in [0.1, 0.15) is 38.5 Å². The van der Waals surface area contributed by atoms with Crippen LogP contribution in [0.2, 0.25) is 0 Å². The standard InChI is InChI=1S/C13H22N2OS/c16-13-12(14-10-4-5-10)6-7-15(13)9-11-3-1-2-8-17-11/h10-12,14H,1-9H2. The number of carbonyl (C=O) groups is 1. The summed E-state index contributed by atoms with van der Waals surface area (Å²) in [4.78, 5) is 14.3. The molecular formula is C13H22N2OS. The van der Waals surface area contributed by atoms with E-state index in [2.05, 4.69) is 22.0 Å². The Bertz CT molecular complexity index is 287. The summed E-state index contributed by atoms with van der Waals surface area (Å²) in [6.07, 6.45) is 7.57. The Hall–Kier alpha value is -0.220. The maximum Gasteiger partial charge on any atom is 0.239 e. The number of hydrogen-bond acceptors (Lipinski definition) is 3. The van der Waals surface area contributed by atoms with Gasteiger partial charge in [-0.1, -0.05) is 6.42 Å². The summed E-state index contributed by atoms with van der Waals surface area (Å²) >= 11 is 2.07. The Morgan fingerprint density at radius 1 is 1.24 bits per heavy atom. The van der Waals surface area contributed by atoms with Gasteiger partial charge < -0.3 is 10.2 Å². The second-order valence-corrected chi connectivity index (χ2v) is 6.96. The van der Waals surface area contributed by atoms with Crippen molar-refractivity contribution in [2.45, 2.75) is 55.9 Å². The molecule has 1 N–H and O–H groups in total. The van der Waals surface area contributed by atoms with E-state index in [1.54, 1.807) is 0 Å². The third-order valence-corrected chi connectivity index (χ3v) is 5.39. The van der Waals surface area contributed by atoms with Gasteiger partial charge in [0.2, 0.25) is 5.91 Å². The fourth-order valence-corrected chi connectivity index (χ4v) is 4.13. The number of nitrogens with one attached hydrogen (secondary N) is 1. The van der Waals surface area contributed by atoms with Gasteiger partial charge in [-0.15, -0.1) is 0 Å². The first-order valence-corrected chi connectivity index (χ1v) is 8.04.